The number of halogens is 1. The summed E-state index contributed by atoms with van der Waals surface area (Å²) in [5, 5.41) is 2.86. The number of rotatable bonds is 1. The lowest BCUT2D eigenvalue weighted by atomic mass is 10.0. The van der Waals surface area contributed by atoms with Crippen molar-refractivity contribution in [2.24, 2.45) is 11.7 Å². The third-order valence-electron chi connectivity index (χ3n) is 2.96. The quantitative estimate of drug-likeness (QED) is 0.772. The Balaban J connectivity index is 2.50. The van der Waals surface area contributed by atoms with Gasteiger partial charge in [-0.05, 0) is 23.4 Å². The molecule has 0 aliphatic heterocycles. The minimum absolute atomic E-state index is 0.0977. The topological polar surface area (TPSA) is 26.0 Å². The van der Waals surface area contributed by atoms with Crippen molar-refractivity contribution < 1.29 is 0 Å². The smallest absolute Gasteiger partial charge is 0.0691 e. The van der Waals surface area contributed by atoms with Crippen LogP contribution < -0.4 is 5.73 Å². The van der Waals surface area contributed by atoms with Crippen molar-refractivity contribution in [1.29, 1.82) is 0 Å². The summed E-state index contributed by atoms with van der Waals surface area (Å²) in [6, 6.07) is 11.7. The van der Waals surface area contributed by atoms with E-state index in [1.807, 2.05) is 36.4 Å². The number of hydrogen-bond acceptors (Lipinski definition) is 1. The standard InChI is InChI=1S/C16H16ClN/c1-11(2)16(18)10-8-12-7-9-15(17)14-6-4-3-5-13(12)14/h3-7,9,11,16H,18H2,1-2H3. The second-order valence-electron chi connectivity index (χ2n) is 4.68. The maximum Gasteiger partial charge on any atom is 0.0691 e. The van der Waals surface area contributed by atoms with E-state index in [4.69, 9.17) is 17.3 Å². The molecule has 0 aliphatic rings. The Hall–Kier alpha value is -1.49. The molecular weight excluding hydrogens is 242 g/mol. The average molecular weight is 258 g/mol. The molecule has 0 heterocycles. The molecule has 1 nitrogen and oxygen atoms in total. The van der Waals surface area contributed by atoms with Gasteiger partial charge in [0, 0.05) is 16.0 Å². The van der Waals surface area contributed by atoms with E-state index in [1.54, 1.807) is 0 Å². The Bertz CT molecular complexity index is 620. The van der Waals surface area contributed by atoms with Crippen LogP contribution in [0.4, 0.5) is 0 Å². The maximum atomic E-state index is 6.17. The zero-order valence-corrected chi connectivity index (χ0v) is 11.3. The molecule has 1 atom stereocenters. The van der Waals surface area contributed by atoms with E-state index in [-0.39, 0.29) is 6.04 Å². The number of benzene rings is 2. The minimum Gasteiger partial charge on any atom is -0.317 e. The molecule has 0 bridgehead atoms. The fourth-order valence-electron chi connectivity index (χ4n) is 1.70. The van der Waals surface area contributed by atoms with Gasteiger partial charge >= 0.3 is 0 Å². The van der Waals surface area contributed by atoms with Crippen molar-refractivity contribution in [3.8, 4) is 11.8 Å². The van der Waals surface area contributed by atoms with Crippen LogP contribution in [0.2, 0.25) is 5.02 Å². The van der Waals surface area contributed by atoms with Crippen LogP contribution in [0.1, 0.15) is 19.4 Å². The predicted molar refractivity (Wildman–Crippen MR) is 78.6 cm³/mol. The van der Waals surface area contributed by atoms with Crippen molar-refractivity contribution >= 4 is 22.4 Å². The van der Waals surface area contributed by atoms with Crippen LogP contribution in [0, 0.1) is 17.8 Å². The normalized spacial score (nSPS) is 12.3. The van der Waals surface area contributed by atoms with Gasteiger partial charge in [0.2, 0.25) is 0 Å². The third-order valence-corrected chi connectivity index (χ3v) is 3.29. The molecular formula is C16H16ClN. The summed E-state index contributed by atoms with van der Waals surface area (Å²) in [7, 11) is 0. The first-order valence-corrected chi connectivity index (χ1v) is 6.42. The van der Waals surface area contributed by atoms with E-state index in [9.17, 15) is 0 Å². The van der Waals surface area contributed by atoms with Gasteiger partial charge in [0.25, 0.3) is 0 Å². The minimum atomic E-state index is -0.0977. The van der Waals surface area contributed by atoms with Crippen LogP contribution in [0.25, 0.3) is 10.8 Å². The zero-order chi connectivity index (χ0) is 13.1. The van der Waals surface area contributed by atoms with Crippen molar-refractivity contribution in [2.45, 2.75) is 19.9 Å². The highest BCUT2D eigenvalue weighted by Gasteiger charge is 2.04. The molecule has 0 aromatic heterocycles. The molecule has 0 saturated carbocycles. The van der Waals surface area contributed by atoms with E-state index >= 15 is 0 Å². The number of fused-ring (bicyclic) bond motifs is 1. The summed E-state index contributed by atoms with van der Waals surface area (Å²) in [6.45, 7) is 4.14. The van der Waals surface area contributed by atoms with Crippen LogP contribution in [-0.4, -0.2) is 6.04 Å². The molecule has 2 aromatic rings. The number of hydrogen-bond donors (Lipinski definition) is 1. The Labute approximate surface area is 113 Å². The fraction of sp³-hybridized carbons (Fsp3) is 0.250. The molecule has 2 heteroatoms. The van der Waals surface area contributed by atoms with E-state index in [1.165, 1.54) is 0 Å². The highest BCUT2D eigenvalue weighted by atomic mass is 35.5. The van der Waals surface area contributed by atoms with Crippen LogP contribution in [0.3, 0.4) is 0 Å². The molecule has 0 spiro atoms. The van der Waals surface area contributed by atoms with Gasteiger partial charge in [0.05, 0.1) is 6.04 Å². The Morgan fingerprint density at radius 2 is 1.72 bits per heavy atom. The summed E-state index contributed by atoms with van der Waals surface area (Å²) >= 11 is 6.17. The molecule has 0 aliphatic carbocycles. The summed E-state index contributed by atoms with van der Waals surface area (Å²) < 4.78 is 0. The molecule has 0 radical (unpaired) electrons. The summed E-state index contributed by atoms with van der Waals surface area (Å²) in [4.78, 5) is 0. The second-order valence-corrected chi connectivity index (χ2v) is 5.09. The molecule has 0 saturated heterocycles. The van der Waals surface area contributed by atoms with Gasteiger partial charge in [-0.25, -0.2) is 0 Å². The molecule has 2 rings (SSSR count). The summed E-state index contributed by atoms with van der Waals surface area (Å²) in [6.07, 6.45) is 0. The lowest BCUT2D eigenvalue weighted by Gasteiger charge is -2.07. The SMILES string of the molecule is CC(C)C(N)C#Cc1ccc(Cl)c2ccccc12. The Kier molecular flexibility index (Phi) is 3.91. The average Bonchev–Trinajstić information content (AvgIpc) is 2.38. The zero-order valence-electron chi connectivity index (χ0n) is 10.6. The first-order chi connectivity index (χ1) is 8.59. The monoisotopic (exact) mass is 257 g/mol. The van der Waals surface area contributed by atoms with Gasteiger partial charge in [0.1, 0.15) is 0 Å². The first kappa shape index (κ1) is 13.0. The highest BCUT2D eigenvalue weighted by Crippen LogP contribution is 2.25. The second kappa shape index (κ2) is 5.44. The van der Waals surface area contributed by atoms with Gasteiger partial charge in [-0.2, -0.15) is 0 Å². The first-order valence-electron chi connectivity index (χ1n) is 6.04. The van der Waals surface area contributed by atoms with Crippen LogP contribution >= 0.6 is 11.6 Å². The molecule has 2 aromatic carbocycles. The van der Waals surface area contributed by atoms with Gasteiger partial charge in [-0.3, -0.25) is 0 Å². The Morgan fingerprint density at radius 1 is 1.06 bits per heavy atom. The van der Waals surface area contributed by atoms with Gasteiger partial charge in [-0.15, -0.1) is 0 Å². The lowest BCUT2D eigenvalue weighted by molar-refractivity contribution is 0.584. The predicted octanol–water partition coefficient (Wildman–Crippen LogP) is 3.83. The molecule has 18 heavy (non-hydrogen) atoms. The van der Waals surface area contributed by atoms with Gasteiger partial charge < -0.3 is 5.73 Å². The van der Waals surface area contributed by atoms with Crippen molar-refractivity contribution in [3.05, 3.63) is 47.0 Å². The molecule has 1 unspecified atom stereocenters. The molecule has 2 N–H and O–H groups in total. The van der Waals surface area contributed by atoms with Crippen LogP contribution in [0.5, 0.6) is 0 Å². The summed E-state index contributed by atoms with van der Waals surface area (Å²) in [5.74, 6) is 6.61. The van der Waals surface area contributed by atoms with E-state index < -0.39 is 0 Å². The Morgan fingerprint density at radius 3 is 2.39 bits per heavy atom. The highest BCUT2D eigenvalue weighted by molar-refractivity contribution is 6.35. The molecule has 92 valence electrons. The molecule has 0 amide bonds. The fourth-order valence-corrected chi connectivity index (χ4v) is 1.93. The van der Waals surface area contributed by atoms with Crippen molar-refractivity contribution in [1.82, 2.24) is 0 Å². The largest absolute Gasteiger partial charge is 0.317 e. The van der Waals surface area contributed by atoms with E-state index in [2.05, 4.69) is 25.7 Å². The van der Waals surface area contributed by atoms with Crippen LogP contribution in [-0.2, 0) is 0 Å². The van der Waals surface area contributed by atoms with Gasteiger partial charge in [0.15, 0.2) is 0 Å². The van der Waals surface area contributed by atoms with Crippen LogP contribution in [0.15, 0.2) is 36.4 Å². The van der Waals surface area contributed by atoms with E-state index in [0.29, 0.717) is 5.92 Å². The van der Waals surface area contributed by atoms with E-state index in [0.717, 1.165) is 21.4 Å². The van der Waals surface area contributed by atoms with Crippen molar-refractivity contribution in [3.63, 3.8) is 0 Å². The third kappa shape index (κ3) is 2.67. The maximum absolute atomic E-state index is 6.17. The molecule has 0 fully saturated rings. The lowest BCUT2D eigenvalue weighted by Crippen LogP contribution is -2.23. The summed E-state index contributed by atoms with van der Waals surface area (Å²) in [5.41, 5.74) is 6.92. The van der Waals surface area contributed by atoms with Gasteiger partial charge in [-0.1, -0.05) is 61.6 Å². The number of nitrogens with two attached hydrogens (primary N) is 1. The van der Waals surface area contributed by atoms with Crippen molar-refractivity contribution in [2.75, 3.05) is 0 Å².